The van der Waals surface area contributed by atoms with Gasteiger partial charge in [0.25, 0.3) is 0 Å². The van der Waals surface area contributed by atoms with Crippen LogP contribution in [0, 0.1) is 17.8 Å². The number of nitrogens with one attached hydrogen (secondary N) is 1. The number of nitrogens with zero attached hydrogens (tertiary/aromatic N) is 2. The van der Waals surface area contributed by atoms with Gasteiger partial charge in [0.1, 0.15) is 5.82 Å². The molecule has 0 amide bonds. The van der Waals surface area contributed by atoms with Gasteiger partial charge in [-0.2, -0.15) is 0 Å². The van der Waals surface area contributed by atoms with Crippen LogP contribution in [0.5, 0.6) is 0 Å². The topological polar surface area (TPSA) is 29.9 Å². The average Bonchev–Trinajstić information content (AvgIpc) is 3.07. The molecule has 0 aromatic carbocycles. The molecule has 3 unspecified atom stereocenters. The average molecular weight is 247 g/mol. The van der Waals surface area contributed by atoms with Gasteiger partial charge in [-0.1, -0.05) is 13.3 Å². The molecule has 2 aliphatic carbocycles. The Balaban J connectivity index is 1.57. The Morgan fingerprint density at radius 3 is 3.06 bits per heavy atom. The summed E-state index contributed by atoms with van der Waals surface area (Å²) in [5.74, 6) is 4.19. The van der Waals surface area contributed by atoms with Crippen molar-refractivity contribution in [3.8, 4) is 0 Å². The van der Waals surface area contributed by atoms with E-state index in [-0.39, 0.29) is 0 Å². The Hall–Kier alpha value is -0.830. The van der Waals surface area contributed by atoms with Crippen molar-refractivity contribution in [1.82, 2.24) is 14.9 Å². The molecule has 18 heavy (non-hydrogen) atoms. The molecule has 100 valence electrons. The monoisotopic (exact) mass is 247 g/mol. The second-order valence-electron chi connectivity index (χ2n) is 6.11. The maximum atomic E-state index is 4.49. The van der Waals surface area contributed by atoms with Gasteiger partial charge >= 0.3 is 0 Å². The van der Waals surface area contributed by atoms with Crippen molar-refractivity contribution < 1.29 is 0 Å². The highest BCUT2D eigenvalue weighted by Gasteiger charge is 2.39. The minimum Gasteiger partial charge on any atom is -0.334 e. The first-order valence-electron chi connectivity index (χ1n) is 7.57. The highest BCUT2D eigenvalue weighted by molar-refractivity contribution is 4.96. The first kappa shape index (κ1) is 12.2. The highest BCUT2D eigenvalue weighted by atomic mass is 15.1. The molecule has 1 aromatic heterocycles. The van der Waals surface area contributed by atoms with E-state index in [4.69, 9.17) is 0 Å². The van der Waals surface area contributed by atoms with E-state index in [1.807, 2.05) is 6.20 Å². The van der Waals surface area contributed by atoms with Crippen LogP contribution in [0.15, 0.2) is 12.4 Å². The maximum absolute atomic E-state index is 4.49. The lowest BCUT2D eigenvalue weighted by molar-refractivity contribution is 0.292. The van der Waals surface area contributed by atoms with Gasteiger partial charge in [0, 0.05) is 18.9 Å². The molecular weight excluding hydrogens is 222 g/mol. The number of rotatable bonds is 6. The molecule has 2 saturated carbocycles. The van der Waals surface area contributed by atoms with E-state index in [9.17, 15) is 0 Å². The number of hydrogen-bond acceptors (Lipinski definition) is 2. The lowest BCUT2D eigenvalue weighted by Crippen LogP contribution is -2.21. The van der Waals surface area contributed by atoms with Gasteiger partial charge in [0.05, 0.1) is 6.54 Å². The first-order valence-corrected chi connectivity index (χ1v) is 7.57. The molecule has 0 saturated heterocycles. The first-order chi connectivity index (χ1) is 8.86. The Morgan fingerprint density at radius 2 is 2.33 bits per heavy atom. The highest BCUT2D eigenvalue weighted by Crippen LogP contribution is 2.48. The van der Waals surface area contributed by atoms with Gasteiger partial charge in [-0.15, -0.1) is 0 Å². The van der Waals surface area contributed by atoms with Crippen LogP contribution < -0.4 is 5.32 Å². The molecule has 2 bridgehead atoms. The molecule has 1 aromatic rings. The Kier molecular flexibility index (Phi) is 3.69. The lowest BCUT2D eigenvalue weighted by Gasteiger charge is -2.22. The maximum Gasteiger partial charge on any atom is 0.122 e. The largest absolute Gasteiger partial charge is 0.334 e. The number of fused-ring (bicyclic) bond motifs is 2. The van der Waals surface area contributed by atoms with E-state index >= 15 is 0 Å². The molecule has 2 aliphatic rings. The van der Waals surface area contributed by atoms with E-state index in [0.29, 0.717) is 0 Å². The molecule has 0 radical (unpaired) electrons. The van der Waals surface area contributed by atoms with Gasteiger partial charge in [-0.05, 0) is 50.0 Å². The molecule has 3 nitrogen and oxygen atoms in total. The van der Waals surface area contributed by atoms with Crippen molar-refractivity contribution in [3.63, 3.8) is 0 Å². The van der Waals surface area contributed by atoms with Crippen LogP contribution in [-0.2, 0) is 13.1 Å². The molecule has 3 heteroatoms. The van der Waals surface area contributed by atoms with Gasteiger partial charge in [-0.25, -0.2) is 4.98 Å². The predicted molar refractivity (Wildman–Crippen MR) is 73.2 cm³/mol. The van der Waals surface area contributed by atoms with Crippen molar-refractivity contribution in [2.45, 2.75) is 52.1 Å². The third kappa shape index (κ3) is 2.46. The molecule has 3 atom stereocenters. The van der Waals surface area contributed by atoms with Crippen molar-refractivity contribution in [2.75, 3.05) is 6.54 Å². The summed E-state index contributed by atoms with van der Waals surface area (Å²) in [6.45, 7) is 5.40. The van der Waals surface area contributed by atoms with Crippen molar-refractivity contribution in [3.05, 3.63) is 18.2 Å². The molecule has 0 aliphatic heterocycles. The lowest BCUT2D eigenvalue weighted by atomic mass is 9.89. The summed E-state index contributed by atoms with van der Waals surface area (Å²) in [6, 6.07) is 0. The van der Waals surface area contributed by atoms with E-state index in [2.05, 4.69) is 28.0 Å². The summed E-state index contributed by atoms with van der Waals surface area (Å²) < 4.78 is 2.38. The zero-order valence-electron chi connectivity index (χ0n) is 11.4. The van der Waals surface area contributed by atoms with Crippen LogP contribution in [-0.4, -0.2) is 16.1 Å². The van der Waals surface area contributed by atoms with Crippen LogP contribution in [0.2, 0.25) is 0 Å². The number of imidazole rings is 1. The van der Waals surface area contributed by atoms with Gasteiger partial charge in [0.2, 0.25) is 0 Å². The molecule has 1 N–H and O–H groups in total. The fraction of sp³-hybridized carbons (Fsp3) is 0.800. The zero-order valence-corrected chi connectivity index (χ0v) is 11.4. The van der Waals surface area contributed by atoms with Crippen LogP contribution >= 0.6 is 0 Å². The normalized spacial score (nSPS) is 30.2. The smallest absolute Gasteiger partial charge is 0.122 e. The number of aromatic nitrogens is 2. The van der Waals surface area contributed by atoms with Crippen molar-refractivity contribution in [1.29, 1.82) is 0 Å². The van der Waals surface area contributed by atoms with Gasteiger partial charge < -0.3 is 9.88 Å². The van der Waals surface area contributed by atoms with E-state index in [1.54, 1.807) is 0 Å². The quantitative estimate of drug-likeness (QED) is 0.783. The summed E-state index contributed by atoms with van der Waals surface area (Å²) in [7, 11) is 0. The van der Waals surface area contributed by atoms with Crippen molar-refractivity contribution >= 4 is 0 Å². The minimum absolute atomic E-state index is 0.918. The molecule has 2 fully saturated rings. The Bertz CT molecular complexity index is 385. The second-order valence-corrected chi connectivity index (χ2v) is 6.11. The summed E-state index contributed by atoms with van der Waals surface area (Å²) >= 11 is 0. The van der Waals surface area contributed by atoms with Gasteiger partial charge in [0.15, 0.2) is 0 Å². The molecular formula is C15H25N3. The predicted octanol–water partition coefficient (Wildman–Crippen LogP) is 2.82. The molecule has 0 spiro atoms. The second kappa shape index (κ2) is 5.43. The van der Waals surface area contributed by atoms with Crippen LogP contribution in [0.25, 0.3) is 0 Å². The fourth-order valence-electron chi connectivity index (χ4n) is 3.90. The van der Waals surface area contributed by atoms with Crippen molar-refractivity contribution in [2.24, 2.45) is 17.8 Å². The third-order valence-corrected chi connectivity index (χ3v) is 4.83. The Labute approximate surface area is 110 Å². The Morgan fingerprint density at radius 1 is 1.39 bits per heavy atom. The van der Waals surface area contributed by atoms with Gasteiger partial charge in [-0.3, -0.25) is 0 Å². The molecule has 3 rings (SSSR count). The standard InChI is InChI=1S/C15H25N3/c1-2-5-16-10-15-17-6-7-18(15)11-14-9-12-3-4-13(14)8-12/h6-7,12-14,16H,2-5,8-11H2,1H3. The summed E-state index contributed by atoms with van der Waals surface area (Å²) in [5, 5.41) is 3.45. The number of hydrogen-bond donors (Lipinski definition) is 1. The van der Waals surface area contributed by atoms with Crippen LogP contribution in [0.3, 0.4) is 0 Å². The van der Waals surface area contributed by atoms with E-state index < -0.39 is 0 Å². The van der Waals surface area contributed by atoms with E-state index in [1.165, 1.54) is 44.5 Å². The summed E-state index contributed by atoms with van der Waals surface area (Å²) in [5.41, 5.74) is 0. The van der Waals surface area contributed by atoms with E-state index in [0.717, 1.165) is 30.8 Å². The molecule has 1 heterocycles. The minimum atomic E-state index is 0.918. The SMILES string of the molecule is CCCNCc1nccn1CC1CC2CCC1C2. The summed E-state index contributed by atoms with van der Waals surface area (Å²) in [6.07, 6.45) is 11.2. The van der Waals surface area contributed by atoms with Crippen LogP contribution in [0.4, 0.5) is 0 Å². The fourth-order valence-corrected chi connectivity index (χ4v) is 3.90. The van der Waals surface area contributed by atoms with Crippen LogP contribution in [0.1, 0.15) is 44.9 Å². The zero-order chi connectivity index (χ0) is 12.4. The third-order valence-electron chi connectivity index (χ3n) is 4.83. The summed E-state index contributed by atoms with van der Waals surface area (Å²) in [4.78, 5) is 4.49.